The minimum absolute atomic E-state index is 0.357. The van der Waals surface area contributed by atoms with E-state index in [4.69, 9.17) is 5.73 Å². The molecular formula is C9H11F2N. The largest absolute Gasteiger partial charge is 0.330 e. The predicted molar refractivity (Wildman–Crippen MR) is 43.7 cm³/mol. The molecule has 0 bridgehead atoms. The second kappa shape index (κ2) is 4.16. The van der Waals surface area contributed by atoms with E-state index >= 15 is 0 Å². The normalized spacial score (nSPS) is 10.2. The van der Waals surface area contributed by atoms with Gasteiger partial charge in [-0.3, -0.25) is 0 Å². The van der Waals surface area contributed by atoms with Gasteiger partial charge in [0.1, 0.15) is 11.6 Å². The van der Waals surface area contributed by atoms with Crippen LogP contribution in [0, 0.1) is 11.6 Å². The van der Waals surface area contributed by atoms with E-state index in [1.165, 1.54) is 6.07 Å². The molecule has 0 aliphatic rings. The van der Waals surface area contributed by atoms with Crippen LogP contribution in [0.3, 0.4) is 0 Å². The third kappa shape index (κ3) is 2.27. The minimum Gasteiger partial charge on any atom is -0.330 e. The number of benzene rings is 1. The van der Waals surface area contributed by atoms with Crippen LogP contribution in [0.4, 0.5) is 8.78 Å². The summed E-state index contributed by atoms with van der Waals surface area (Å²) in [4.78, 5) is 0. The van der Waals surface area contributed by atoms with Gasteiger partial charge in [-0.05, 0) is 43.1 Å². The van der Waals surface area contributed by atoms with E-state index in [-0.39, 0.29) is 5.82 Å². The molecule has 0 spiro atoms. The van der Waals surface area contributed by atoms with Crippen LogP contribution in [0.2, 0.25) is 0 Å². The summed E-state index contributed by atoms with van der Waals surface area (Å²) in [5.41, 5.74) is 5.65. The van der Waals surface area contributed by atoms with E-state index in [2.05, 4.69) is 0 Å². The molecule has 0 aliphatic heterocycles. The molecule has 66 valence electrons. The van der Waals surface area contributed by atoms with Gasteiger partial charge in [-0.25, -0.2) is 8.78 Å². The molecule has 1 rings (SSSR count). The van der Waals surface area contributed by atoms with Crippen molar-refractivity contribution >= 4 is 0 Å². The number of hydrogen-bond donors (Lipinski definition) is 1. The first-order valence-corrected chi connectivity index (χ1v) is 3.88. The van der Waals surface area contributed by atoms with Crippen LogP contribution < -0.4 is 5.73 Å². The van der Waals surface area contributed by atoms with E-state index < -0.39 is 5.82 Å². The van der Waals surface area contributed by atoms with Crippen LogP contribution in [-0.2, 0) is 6.42 Å². The zero-order chi connectivity index (χ0) is 8.97. The molecule has 0 aromatic heterocycles. The lowest BCUT2D eigenvalue weighted by molar-refractivity contribution is 0.581. The Labute approximate surface area is 70.2 Å². The molecule has 0 atom stereocenters. The van der Waals surface area contributed by atoms with Gasteiger partial charge in [-0.1, -0.05) is 0 Å². The second-order valence-electron chi connectivity index (χ2n) is 2.63. The van der Waals surface area contributed by atoms with Gasteiger partial charge < -0.3 is 5.73 Å². The van der Waals surface area contributed by atoms with Crippen molar-refractivity contribution in [1.29, 1.82) is 0 Å². The van der Waals surface area contributed by atoms with Gasteiger partial charge in [-0.15, -0.1) is 0 Å². The molecule has 1 aromatic carbocycles. The Morgan fingerprint density at radius 3 is 2.67 bits per heavy atom. The molecule has 0 saturated carbocycles. The van der Waals surface area contributed by atoms with Gasteiger partial charge >= 0.3 is 0 Å². The Morgan fingerprint density at radius 2 is 2.00 bits per heavy atom. The maximum Gasteiger partial charge on any atom is 0.126 e. The molecule has 0 heterocycles. The molecule has 1 aromatic rings. The maximum absolute atomic E-state index is 12.9. The number of halogens is 2. The lowest BCUT2D eigenvalue weighted by atomic mass is 10.1. The predicted octanol–water partition coefficient (Wildman–Crippen LogP) is 1.86. The third-order valence-electron chi connectivity index (χ3n) is 1.66. The number of aryl methyl sites for hydroxylation is 1. The summed E-state index contributed by atoms with van der Waals surface area (Å²) in [5.74, 6) is -0.756. The third-order valence-corrected chi connectivity index (χ3v) is 1.66. The molecule has 0 amide bonds. The first kappa shape index (κ1) is 9.13. The molecule has 1 nitrogen and oxygen atoms in total. The van der Waals surface area contributed by atoms with Crippen LogP contribution >= 0.6 is 0 Å². The van der Waals surface area contributed by atoms with Crippen molar-refractivity contribution in [2.24, 2.45) is 5.73 Å². The Morgan fingerprint density at radius 1 is 1.25 bits per heavy atom. The first-order valence-electron chi connectivity index (χ1n) is 3.88. The second-order valence-corrected chi connectivity index (χ2v) is 2.63. The van der Waals surface area contributed by atoms with E-state index in [9.17, 15) is 8.78 Å². The average Bonchev–Trinajstić information content (AvgIpc) is 2.07. The summed E-state index contributed by atoms with van der Waals surface area (Å²) in [5, 5.41) is 0. The van der Waals surface area contributed by atoms with E-state index in [1.54, 1.807) is 0 Å². The van der Waals surface area contributed by atoms with Crippen molar-refractivity contribution < 1.29 is 8.78 Å². The summed E-state index contributed by atoms with van der Waals surface area (Å²) >= 11 is 0. The lowest BCUT2D eigenvalue weighted by Gasteiger charge is -2.01. The van der Waals surface area contributed by atoms with E-state index in [0.29, 0.717) is 24.9 Å². The van der Waals surface area contributed by atoms with Gasteiger partial charge in [0.2, 0.25) is 0 Å². The fourth-order valence-corrected chi connectivity index (χ4v) is 1.03. The number of rotatable bonds is 3. The van der Waals surface area contributed by atoms with Crippen LogP contribution in [0.15, 0.2) is 18.2 Å². The van der Waals surface area contributed by atoms with Gasteiger partial charge in [0.15, 0.2) is 0 Å². The van der Waals surface area contributed by atoms with Crippen molar-refractivity contribution in [3.63, 3.8) is 0 Å². The van der Waals surface area contributed by atoms with Crippen molar-refractivity contribution in [1.82, 2.24) is 0 Å². The monoisotopic (exact) mass is 171 g/mol. The summed E-state index contributed by atoms with van der Waals surface area (Å²) in [6.45, 7) is 0.496. The highest BCUT2D eigenvalue weighted by atomic mass is 19.1. The molecule has 3 heteroatoms. The maximum atomic E-state index is 12.9. The van der Waals surface area contributed by atoms with Gasteiger partial charge in [-0.2, -0.15) is 0 Å². The Balaban J connectivity index is 2.75. The van der Waals surface area contributed by atoms with E-state index in [1.807, 2.05) is 0 Å². The quantitative estimate of drug-likeness (QED) is 0.738. The van der Waals surface area contributed by atoms with Crippen LogP contribution in [-0.4, -0.2) is 6.54 Å². The molecule has 0 unspecified atom stereocenters. The Bertz CT molecular complexity index is 261. The zero-order valence-corrected chi connectivity index (χ0v) is 6.69. The van der Waals surface area contributed by atoms with Crippen LogP contribution in [0.5, 0.6) is 0 Å². The topological polar surface area (TPSA) is 26.0 Å². The SMILES string of the molecule is NCCCc1cc(F)ccc1F. The Kier molecular flexibility index (Phi) is 3.17. The highest BCUT2D eigenvalue weighted by Gasteiger charge is 2.02. The Hall–Kier alpha value is -0.960. The summed E-state index contributed by atoms with van der Waals surface area (Å²) in [6, 6.07) is 3.47. The molecule has 0 fully saturated rings. The van der Waals surface area contributed by atoms with Gasteiger partial charge in [0.05, 0.1) is 0 Å². The molecule has 2 N–H and O–H groups in total. The molecular weight excluding hydrogens is 160 g/mol. The fourth-order valence-electron chi connectivity index (χ4n) is 1.03. The summed E-state index contributed by atoms with van der Waals surface area (Å²) < 4.78 is 25.5. The molecule has 0 saturated heterocycles. The lowest BCUT2D eigenvalue weighted by Crippen LogP contribution is -2.01. The molecule has 0 radical (unpaired) electrons. The van der Waals surface area contributed by atoms with Crippen molar-refractivity contribution in [2.75, 3.05) is 6.54 Å². The van der Waals surface area contributed by atoms with E-state index in [0.717, 1.165) is 12.1 Å². The number of nitrogens with two attached hydrogens (primary N) is 1. The smallest absolute Gasteiger partial charge is 0.126 e. The van der Waals surface area contributed by atoms with Crippen molar-refractivity contribution in [3.8, 4) is 0 Å². The average molecular weight is 171 g/mol. The van der Waals surface area contributed by atoms with Crippen molar-refractivity contribution in [2.45, 2.75) is 12.8 Å². The highest BCUT2D eigenvalue weighted by molar-refractivity contribution is 5.18. The van der Waals surface area contributed by atoms with Crippen LogP contribution in [0.25, 0.3) is 0 Å². The first-order chi connectivity index (χ1) is 5.74. The van der Waals surface area contributed by atoms with Gasteiger partial charge in [0.25, 0.3) is 0 Å². The molecule has 0 aliphatic carbocycles. The zero-order valence-electron chi connectivity index (χ0n) is 6.69. The highest BCUT2D eigenvalue weighted by Crippen LogP contribution is 2.10. The summed E-state index contributed by atoms with van der Waals surface area (Å²) in [6.07, 6.45) is 1.18. The van der Waals surface area contributed by atoms with Crippen LogP contribution in [0.1, 0.15) is 12.0 Å². The van der Waals surface area contributed by atoms with Gasteiger partial charge in [0, 0.05) is 0 Å². The summed E-state index contributed by atoms with van der Waals surface area (Å²) in [7, 11) is 0. The fraction of sp³-hybridized carbons (Fsp3) is 0.333. The molecule has 12 heavy (non-hydrogen) atoms. The number of hydrogen-bond acceptors (Lipinski definition) is 1. The standard InChI is InChI=1S/C9H11F2N/c10-8-3-4-9(11)7(6-8)2-1-5-12/h3-4,6H,1-2,5,12H2. The van der Waals surface area contributed by atoms with Crippen molar-refractivity contribution in [3.05, 3.63) is 35.4 Å². The minimum atomic E-state index is -0.400.